The molecule has 4 nitrogen and oxygen atoms in total. The molecule has 0 aliphatic heterocycles. The second kappa shape index (κ2) is 8.45. The van der Waals surface area contributed by atoms with Crippen LogP contribution >= 0.6 is 0 Å². The molecular formula is C19H16F4N2O2. The fourth-order valence-corrected chi connectivity index (χ4v) is 2.46. The van der Waals surface area contributed by atoms with Crippen LogP contribution in [-0.4, -0.2) is 19.7 Å². The number of amides is 1. The number of nitrogens with one attached hydrogen (secondary N) is 1. The minimum absolute atomic E-state index is 0.0204. The van der Waals surface area contributed by atoms with Gasteiger partial charge in [0.2, 0.25) is 0 Å². The summed E-state index contributed by atoms with van der Waals surface area (Å²) in [6, 6.07) is 9.37. The van der Waals surface area contributed by atoms with E-state index in [4.69, 9.17) is 6.42 Å². The van der Waals surface area contributed by atoms with Crippen molar-refractivity contribution in [2.45, 2.75) is 12.7 Å². The molecule has 1 amide bonds. The predicted octanol–water partition coefficient (Wildman–Crippen LogP) is 4.66. The summed E-state index contributed by atoms with van der Waals surface area (Å²) in [5.74, 6) is 1.08. The molecular weight excluding hydrogens is 364 g/mol. The number of ether oxygens (including phenoxy) is 1. The summed E-state index contributed by atoms with van der Waals surface area (Å²) >= 11 is 0. The van der Waals surface area contributed by atoms with Crippen molar-refractivity contribution in [3.8, 4) is 12.3 Å². The van der Waals surface area contributed by atoms with Crippen LogP contribution in [0.4, 0.5) is 33.7 Å². The highest BCUT2D eigenvalue weighted by molar-refractivity contribution is 5.89. The number of alkyl halides is 3. The third kappa shape index (κ3) is 5.14. The lowest BCUT2D eigenvalue weighted by Crippen LogP contribution is -2.25. The standard InChI is InChI=1S/C19H16F4N2O2/c1-3-10-25(17-7-5-4-6-16(17)24-18(26)27-2)12-13-8-9-15(20)14(11-13)19(21,22)23/h1,4-9,11H,10,12H2,2H3,(H,24,26). The highest BCUT2D eigenvalue weighted by Gasteiger charge is 2.34. The zero-order chi connectivity index (χ0) is 20.0. The first kappa shape index (κ1) is 20.1. The lowest BCUT2D eigenvalue weighted by atomic mass is 10.1. The minimum atomic E-state index is -4.80. The van der Waals surface area contributed by atoms with Crippen LogP contribution in [0.2, 0.25) is 0 Å². The van der Waals surface area contributed by atoms with Gasteiger partial charge in [0.05, 0.1) is 30.6 Å². The third-order valence-corrected chi connectivity index (χ3v) is 3.66. The fourth-order valence-electron chi connectivity index (χ4n) is 2.46. The van der Waals surface area contributed by atoms with Crippen molar-refractivity contribution in [1.29, 1.82) is 0 Å². The van der Waals surface area contributed by atoms with Crippen LogP contribution in [0, 0.1) is 18.2 Å². The average molecular weight is 380 g/mol. The largest absolute Gasteiger partial charge is 0.453 e. The number of halogens is 4. The second-order valence-corrected chi connectivity index (χ2v) is 5.51. The summed E-state index contributed by atoms with van der Waals surface area (Å²) in [6.07, 6.45) is -0.131. The van der Waals surface area contributed by atoms with Gasteiger partial charge in [-0.05, 0) is 29.8 Å². The van der Waals surface area contributed by atoms with E-state index in [1.54, 1.807) is 29.2 Å². The fraction of sp³-hybridized carbons (Fsp3) is 0.211. The topological polar surface area (TPSA) is 41.6 Å². The molecule has 0 aliphatic rings. The van der Waals surface area contributed by atoms with Gasteiger partial charge in [0.25, 0.3) is 0 Å². The van der Waals surface area contributed by atoms with Gasteiger partial charge in [-0.2, -0.15) is 13.2 Å². The zero-order valence-electron chi connectivity index (χ0n) is 14.3. The van der Waals surface area contributed by atoms with E-state index < -0.39 is 23.7 Å². The first-order valence-corrected chi connectivity index (χ1v) is 7.74. The van der Waals surface area contributed by atoms with E-state index in [1.165, 1.54) is 13.2 Å². The van der Waals surface area contributed by atoms with Crippen molar-refractivity contribution < 1.29 is 27.1 Å². The second-order valence-electron chi connectivity index (χ2n) is 5.51. The molecule has 0 radical (unpaired) electrons. The molecule has 142 valence electrons. The molecule has 1 N–H and O–H groups in total. The maximum atomic E-state index is 13.5. The number of nitrogens with zero attached hydrogens (tertiary/aromatic N) is 1. The van der Waals surface area contributed by atoms with Gasteiger partial charge in [-0.15, -0.1) is 6.42 Å². The summed E-state index contributed by atoms with van der Waals surface area (Å²) in [6.45, 7) is 0.0337. The van der Waals surface area contributed by atoms with Crippen molar-refractivity contribution in [2.75, 3.05) is 23.9 Å². The van der Waals surface area contributed by atoms with E-state index in [0.717, 1.165) is 12.1 Å². The molecule has 2 aromatic carbocycles. The highest BCUT2D eigenvalue weighted by atomic mass is 19.4. The Morgan fingerprint density at radius 3 is 2.59 bits per heavy atom. The van der Waals surface area contributed by atoms with Gasteiger partial charge in [0.1, 0.15) is 5.82 Å². The molecule has 0 saturated heterocycles. The molecule has 0 atom stereocenters. The Hall–Kier alpha value is -3.21. The number of anilines is 2. The molecule has 0 fully saturated rings. The van der Waals surface area contributed by atoms with E-state index in [-0.39, 0.29) is 18.7 Å². The third-order valence-electron chi connectivity index (χ3n) is 3.66. The maximum absolute atomic E-state index is 13.5. The molecule has 0 spiro atoms. The Bertz CT molecular complexity index is 860. The van der Waals surface area contributed by atoms with Gasteiger partial charge in [-0.1, -0.05) is 24.1 Å². The van der Waals surface area contributed by atoms with E-state index >= 15 is 0 Å². The normalized spacial score (nSPS) is 10.8. The summed E-state index contributed by atoms with van der Waals surface area (Å²) < 4.78 is 56.9. The quantitative estimate of drug-likeness (QED) is 0.606. The Labute approximate surface area is 153 Å². The number of carbonyl (C=O) groups excluding carboxylic acids is 1. The Morgan fingerprint density at radius 1 is 1.26 bits per heavy atom. The SMILES string of the molecule is C#CCN(Cc1ccc(F)c(C(F)(F)F)c1)c1ccccc1NC(=O)OC. The van der Waals surface area contributed by atoms with Gasteiger partial charge in [-0.25, -0.2) is 9.18 Å². The van der Waals surface area contributed by atoms with E-state index in [2.05, 4.69) is 16.0 Å². The van der Waals surface area contributed by atoms with E-state index in [1.807, 2.05) is 0 Å². The average Bonchev–Trinajstić information content (AvgIpc) is 2.62. The molecule has 0 unspecified atom stereocenters. The van der Waals surface area contributed by atoms with Gasteiger partial charge in [0, 0.05) is 6.54 Å². The van der Waals surface area contributed by atoms with Gasteiger partial charge >= 0.3 is 12.3 Å². The lowest BCUT2D eigenvalue weighted by Gasteiger charge is -2.25. The van der Waals surface area contributed by atoms with Gasteiger partial charge < -0.3 is 9.64 Å². The van der Waals surface area contributed by atoms with Crippen molar-refractivity contribution >= 4 is 17.5 Å². The number of para-hydroxylation sites is 2. The number of rotatable bonds is 5. The summed E-state index contributed by atoms with van der Waals surface area (Å²) in [5, 5.41) is 2.52. The van der Waals surface area contributed by atoms with Crippen molar-refractivity contribution in [2.24, 2.45) is 0 Å². The summed E-state index contributed by atoms with van der Waals surface area (Å²) in [4.78, 5) is 13.1. The number of carbonyl (C=O) groups is 1. The van der Waals surface area contributed by atoms with Crippen LogP contribution in [0.15, 0.2) is 42.5 Å². The highest BCUT2D eigenvalue weighted by Crippen LogP contribution is 2.33. The van der Waals surface area contributed by atoms with Crippen LogP contribution < -0.4 is 10.2 Å². The molecule has 0 aliphatic carbocycles. The number of benzene rings is 2. The van der Waals surface area contributed by atoms with Crippen LogP contribution in [0.25, 0.3) is 0 Å². The molecule has 2 rings (SSSR count). The molecule has 2 aromatic rings. The van der Waals surface area contributed by atoms with Crippen LogP contribution in [-0.2, 0) is 17.5 Å². The number of hydrogen-bond acceptors (Lipinski definition) is 3. The van der Waals surface area contributed by atoms with Gasteiger partial charge in [0.15, 0.2) is 0 Å². The predicted molar refractivity (Wildman–Crippen MR) is 93.8 cm³/mol. The van der Waals surface area contributed by atoms with Crippen LogP contribution in [0.1, 0.15) is 11.1 Å². The first-order chi connectivity index (χ1) is 12.8. The van der Waals surface area contributed by atoms with Crippen LogP contribution in [0.3, 0.4) is 0 Å². The Kier molecular flexibility index (Phi) is 6.29. The summed E-state index contributed by atoms with van der Waals surface area (Å²) in [7, 11) is 1.20. The molecule has 0 aromatic heterocycles. The van der Waals surface area contributed by atoms with E-state index in [0.29, 0.717) is 11.4 Å². The lowest BCUT2D eigenvalue weighted by molar-refractivity contribution is -0.140. The Morgan fingerprint density at radius 2 is 1.96 bits per heavy atom. The minimum Gasteiger partial charge on any atom is -0.453 e. The van der Waals surface area contributed by atoms with Crippen molar-refractivity contribution in [3.63, 3.8) is 0 Å². The molecule has 0 saturated carbocycles. The number of hydrogen-bond donors (Lipinski definition) is 1. The number of methoxy groups -OCH3 is 1. The monoisotopic (exact) mass is 380 g/mol. The van der Waals surface area contributed by atoms with Gasteiger partial charge in [-0.3, -0.25) is 5.32 Å². The number of terminal acetylenes is 1. The van der Waals surface area contributed by atoms with Crippen LogP contribution in [0.5, 0.6) is 0 Å². The van der Waals surface area contributed by atoms with Crippen molar-refractivity contribution in [1.82, 2.24) is 0 Å². The molecule has 27 heavy (non-hydrogen) atoms. The Balaban J connectivity index is 2.38. The molecule has 0 bridgehead atoms. The maximum Gasteiger partial charge on any atom is 0.419 e. The molecule has 8 heteroatoms. The zero-order valence-corrected chi connectivity index (χ0v) is 14.3. The first-order valence-electron chi connectivity index (χ1n) is 7.74. The summed E-state index contributed by atoms with van der Waals surface area (Å²) in [5.41, 5.74) is -0.273. The molecule has 0 heterocycles. The van der Waals surface area contributed by atoms with E-state index in [9.17, 15) is 22.4 Å². The van der Waals surface area contributed by atoms with Crippen molar-refractivity contribution in [3.05, 3.63) is 59.4 Å². The smallest absolute Gasteiger partial charge is 0.419 e.